The standard InChI is InChI=1S/C16H17FN2O.CH4N2O.CH4/c1-18-14-6-3-5-13(11-8-9-11)16(14)20-10-12-4-2-7-15(17)19-12;2-3-1-4;/h2-7,11,18H,8-10H2,1H3;1H,2H2,(H,3,4);1H4. The Hall–Kier alpha value is -2.67. The van der Waals surface area contributed by atoms with Gasteiger partial charge < -0.3 is 10.1 Å². The van der Waals surface area contributed by atoms with Crippen molar-refractivity contribution in [3.05, 3.63) is 53.6 Å². The number of nitrogens with one attached hydrogen (secondary N) is 2. The number of carbonyl (C=O) groups excluding carboxylic acids is 1. The Labute approximate surface area is 147 Å². The van der Waals surface area contributed by atoms with Crippen molar-refractivity contribution in [3.63, 3.8) is 0 Å². The minimum absolute atomic E-state index is 0. The van der Waals surface area contributed by atoms with E-state index in [0.29, 0.717) is 18.0 Å². The summed E-state index contributed by atoms with van der Waals surface area (Å²) >= 11 is 0. The highest BCUT2D eigenvalue weighted by atomic mass is 19.1. The third-order valence-electron chi connectivity index (χ3n) is 3.54. The Morgan fingerprint density at radius 3 is 2.56 bits per heavy atom. The van der Waals surface area contributed by atoms with Crippen LogP contribution in [0.5, 0.6) is 5.75 Å². The number of aromatic nitrogens is 1. The lowest BCUT2D eigenvalue weighted by Crippen LogP contribution is -2.18. The Morgan fingerprint density at radius 1 is 1.32 bits per heavy atom. The summed E-state index contributed by atoms with van der Waals surface area (Å²) in [6.45, 7) is 0.274. The molecule has 1 aliphatic rings. The minimum atomic E-state index is -0.476. The van der Waals surface area contributed by atoms with Gasteiger partial charge in [0, 0.05) is 7.05 Å². The molecule has 3 rings (SSSR count). The lowest BCUT2D eigenvalue weighted by molar-refractivity contribution is -0.109. The van der Waals surface area contributed by atoms with E-state index in [-0.39, 0.29) is 14.0 Å². The second kappa shape index (κ2) is 10.2. The number of ether oxygens (including phenoxy) is 1. The van der Waals surface area contributed by atoms with Crippen molar-refractivity contribution in [2.45, 2.75) is 32.8 Å². The monoisotopic (exact) mass is 348 g/mol. The number of carbonyl (C=O) groups is 1. The molecule has 1 saturated carbocycles. The molecule has 4 N–H and O–H groups in total. The predicted octanol–water partition coefficient (Wildman–Crippen LogP) is 2.96. The molecule has 0 unspecified atom stereocenters. The highest BCUT2D eigenvalue weighted by Crippen LogP contribution is 2.46. The highest BCUT2D eigenvalue weighted by molar-refractivity contribution is 5.61. The first-order chi connectivity index (χ1) is 11.7. The van der Waals surface area contributed by atoms with Crippen LogP contribution < -0.4 is 21.3 Å². The molecule has 0 bridgehead atoms. The van der Waals surface area contributed by atoms with Gasteiger partial charge in [-0.3, -0.25) is 10.2 Å². The van der Waals surface area contributed by atoms with Gasteiger partial charge in [0.15, 0.2) is 0 Å². The van der Waals surface area contributed by atoms with Gasteiger partial charge in [0.05, 0.1) is 11.4 Å². The fourth-order valence-electron chi connectivity index (χ4n) is 2.31. The van der Waals surface area contributed by atoms with Gasteiger partial charge >= 0.3 is 0 Å². The molecule has 1 fully saturated rings. The van der Waals surface area contributed by atoms with E-state index in [4.69, 9.17) is 9.53 Å². The SMILES string of the molecule is C.CNc1cccc(C2CC2)c1OCc1cccc(F)n1.NNC=O. The number of hydrogen-bond acceptors (Lipinski definition) is 5. The molecule has 136 valence electrons. The zero-order chi connectivity index (χ0) is 17.4. The molecule has 2 aromatic rings. The van der Waals surface area contributed by atoms with Crippen molar-refractivity contribution in [3.8, 4) is 5.75 Å². The maximum absolute atomic E-state index is 13.1. The van der Waals surface area contributed by atoms with Gasteiger partial charge in [-0.25, -0.2) is 10.8 Å². The second-order valence-corrected chi connectivity index (χ2v) is 5.27. The summed E-state index contributed by atoms with van der Waals surface area (Å²) in [7, 11) is 1.87. The van der Waals surface area contributed by atoms with Crippen molar-refractivity contribution in [1.82, 2.24) is 10.4 Å². The van der Waals surface area contributed by atoms with E-state index in [1.807, 2.05) is 19.2 Å². The van der Waals surface area contributed by atoms with Crippen LogP contribution in [0, 0.1) is 5.95 Å². The minimum Gasteiger partial charge on any atom is -0.485 e. The summed E-state index contributed by atoms with van der Waals surface area (Å²) in [5, 5.41) is 3.15. The average molecular weight is 348 g/mol. The van der Waals surface area contributed by atoms with Gasteiger partial charge in [0.25, 0.3) is 0 Å². The first-order valence-electron chi connectivity index (χ1n) is 7.64. The number of pyridine rings is 1. The molecular formula is C18H25FN4O2. The number of nitrogens with two attached hydrogens (primary N) is 1. The summed E-state index contributed by atoms with van der Waals surface area (Å²) in [6, 6.07) is 10.9. The van der Waals surface area contributed by atoms with Gasteiger partial charge in [0.1, 0.15) is 12.4 Å². The van der Waals surface area contributed by atoms with E-state index in [1.165, 1.54) is 24.5 Å². The van der Waals surface area contributed by atoms with E-state index in [9.17, 15) is 4.39 Å². The number of anilines is 1. The van der Waals surface area contributed by atoms with Gasteiger partial charge in [-0.1, -0.05) is 25.6 Å². The second-order valence-electron chi connectivity index (χ2n) is 5.27. The number of benzene rings is 1. The van der Waals surface area contributed by atoms with Gasteiger partial charge in [-0.15, -0.1) is 0 Å². The number of hydrogen-bond donors (Lipinski definition) is 3. The zero-order valence-electron chi connectivity index (χ0n) is 13.5. The molecular weight excluding hydrogens is 323 g/mol. The number of nitrogens with zero attached hydrogens (tertiary/aromatic N) is 1. The van der Waals surface area contributed by atoms with Crippen LogP contribution in [0.25, 0.3) is 0 Å². The van der Waals surface area contributed by atoms with Crippen LogP contribution in [0.15, 0.2) is 36.4 Å². The van der Waals surface area contributed by atoms with Crippen molar-refractivity contribution in [1.29, 1.82) is 0 Å². The first-order valence-corrected chi connectivity index (χ1v) is 7.64. The van der Waals surface area contributed by atoms with E-state index in [2.05, 4.69) is 22.2 Å². The smallest absolute Gasteiger partial charge is 0.221 e. The van der Waals surface area contributed by atoms with Crippen LogP contribution in [0.2, 0.25) is 0 Å². The number of rotatable bonds is 6. The maximum Gasteiger partial charge on any atom is 0.221 e. The fourth-order valence-corrected chi connectivity index (χ4v) is 2.31. The van der Waals surface area contributed by atoms with Gasteiger partial charge in [0.2, 0.25) is 12.4 Å². The fraction of sp³-hybridized carbons (Fsp3) is 0.333. The van der Waals surface area contributed by atoms with Crippen LogP contribution in [0.3, 0.4) is 0 Å². The lowest BCUT2D eigenvalue weighted by atomic mass is 10.1. The van der Waals surface area contributed by atoms with Gasteiger partial charge in [-0.05, 0) is 42.5 Å². The van der Waals surface area contributed by atoms with Crippen molar-refractivity contribution in [2.24, 2.45) is 5.84 Å². The largest absolute Gasteiger partial charge is 0.485 e. The van der Waals surface area contributed by atoms with Gasteiger partial charge in [-0.2, -0.15) is 4.39 Å². The number of amides is 1. The molecule has 6 nitrogen and oxygen atoms in total. The van der Waals surface area contributed by atoms with Crippen LogP contribution in [0.1, 0.15) is 37.4 Å². The maximum atomic E-state index is 13.1. The van der Waals surface area contributed by atoms with Crippen molar-refractivity contribution < 1.29 is 13.9 Å². The molecule has 1 amide bonds. The number of halogens is 1. The molecule has 1 heterocycles. The summed E-state index contributed by atoms with van der Waals surface area (Å²) in [4.78, 5) is 12.8. The Bertz CT molecular complexity index is 678. The molecule has 0 aliphatic heterocycles. The third kappa shape index (κ3) is 6.04. The third-order valence-corrected chi connectivity index (χ3v) is 3.54. The van der Waals surface area contributed by atoms with E-state index in [1.54, 1.807) is 17.6 Å². The molecule has 0 radical (unpaired) electrons. The molecule has 7 heteroatoms. The quantitative estimate of drug-likeness (QED) is 0.245. The predicted molar refractivity (Wildman–Crippen MR) is 96.6 cm³/mol. The first kappa shape index (κ1) is 20.4. The summed E-state index contributed by atoms with van der Waals surface area (Å²) < 4.78 is 19.0. The van der Waals surface area contributed by atoms with E-state index >= 15 is 0 Å². The topological polar surface area (TPSA) is 89.3 Å². The van der Waals surface area contributed by atoms with Crippen LogP contribution >= 0.6 is 0 Å². The molecule has 0 spiro atoms. The number of hydrazine groups is 1. The summed E-state index contributed by atoms with van der Waals surface area (Å²) in [6.07, 6.45) is 2.82. The lowest BCUT2D eigenvalue weighted by Gasteiger charge is -2.15. The number of para-hydroxylation sites is 1. The molecule has 0 saturated heterocycles. The van der Waals surface area contributed by atoms with Crippen LogP contribution in [-0.4, -0.2) is 18.4 Å². The molecule has 0 atom stereocenters. The molecule has 25 heavy (non-hydrogen) atoms. The van der Waals surface area contributed by atoms with E-state index in [0.717, 1.165) is 11.4 Å². The normalized spacial score (nSPS) is 12.1. The summed E-state index contributed by atoms with van der Waals surface area (Å²) in [5.74, 6) is 5.39. The highest BCUT2D eigenvalue weighted by Gasteiger charge is 2.27. The molecule has 1 aromatic heterocycles. The Balaban J connectivity index is 0.000000568. The Kier molecular flexibility index (Phi) is 8.35. The zero-order valence-corrected chi connectivity index (χ0v) is 13.5. The summed E-state index contributed by atoms with van der Waals surface area (Å²) in [5.41, 5.74) is 4.54. The molecule has 1 aromatic carbocycles. The van der Waals surface area contributed by atoms with Crippen LogP contribution in [0.4, 0.5) is 10.1 Å². The molecule has 1 aliphatic carbocycles. The van der Waals surface area contributed by atoms with Crippen molar-refractivity contribution in [2.75, 3.05) is 12.4 Å². The van der Waals surface area contributed by atoms with Crippen LogP contribution in [-0.2, 0) is 11.4 Å². The average Bonchev–Trinajstić information content (AvgIpc) is 3.45. The van der Waals surface area contributed by atoms with E-state index < -0.39 is 5.95 Å². The van der Waals surface area contributed by atoms with Crippen molar-refractivity contribution >= 4 is 12.1 Å². The Morgan fingerprint density at radius 2 is 2.00 bits per heavy atom.